The number of benzene rings is 3. The first-order valence-corrected chi connectivity index (χ1v) is 24.3. The lowest BCUT2D eigenvalue weighted by atomic mass is 9.81. The predicted molar refractivity (Wildman–Crippen MR) is 258 cm³/mol. The van der Waals surface area contributed by atoms with Crippen LogP contribution in [0.2, 0.25) is 0 Å². The van der Waals surface area contributed by atoms with E-state index in [1.165, 1.54) is 28.6 Å². The molecule has 0 unspecified atom stereocenters. The Hall–Kier alpha value is -4.61. The highest BCUT2D eigenvalue weighted by molar-refractivity contribution is 7.85. The minimum absolute atomic E-state index is 0.0942. The van der Waals surface area contributed by atoms with E-state index in [1.54, 1.807) is 13.0 Å². The second-order valence-corrected chi connectivity index (χ2v) is 21.4. The normalized spacial score (nSPS) is 18.7. The zero-order valence-corrected chi connectivity index (χ0v) is 40.7. The van der Waals surface area contributed by atoms with Crippen molar-refractivity contribution >= 4 is 33.0 Å². The molecule has 0 bridgehead atoms. The quantitative estimate of drug-likeness (QED) is 0.0773. The van der Waals surface area contributed by atoms with Gasteiger partial charge in [0.15, 0.2) is 12.3 Å². The van der Waals surface area contributed by atoms with E-state index < -0.39 is 15.5 Å². The van der Waals surface area contributed by atoms with Gasteiger partial charge in [0, 0.05) is 47.5 Å². The number of ketones is 1. The average Bonchev–Trinajstić information content (AvgIpc) is 3.55. The van der Waals surface area contributed by atoms with Crippen molar-refractivity contribution in [3.05, 3.63) is 130 Å². The lowest BCUT2D eigenvalue weighted by Gasteiger charge is -2.28. The van der Waals surface area contributed by atoms with Crippen LogP contribution in [-0.2, 0) is 32.2 Å². The Labute approximate surface area is 378 Å². The van der Waals surface area contributed by atoms with E-state index in [0.717, 1.165) is 114 Å². The molecule has 6 rings (SSSR count). The monoisotopic (exact) mass is 877 g/mol. The molecule has 0 spiro atoms. The summed E-state index contributed by atoms with van der Waals surface area (Å²) in [5.41, 5.74) is 10.7. The third kappa shape index (κ3) is 11.2. The molecule has 1 N–H and O–H groups in total. The molecule has 0 amide bonds. The van der Waals surface area contributed by atoms with E-state index in [1.807, 2.05) is 18.2 Å². The van der Waals surface area contributed by atoms with E-state index in [-0.39, 0.29) is 16.1 Å². The third-order valence-electron chi connectivity index (χ3n) is 13.1. The van der Waals surface area contributed by atoms with Crippen LogP contribution in [0.4, 0.5) is 11.4 Å². The average molecular weight is 877 g/mol. The molecule has 63 heavy (non-hydrogen) atoms. The summed E-state index contributed by atoms with van der Waals surface area (Å²) in [6, 6.07) is 20.0. The van der Waals surface area contributed by atoms with Crippen LogP contribution in [0.15, 0.2) is 112 Å². The largest absolute Gasteiger partial charge is 0.457 e. The maximum atomic E-state index is 12.3. The first-order valence-electron chi connectivity index (χ1n) is 22.8. The van der Waals surface area contributed by atoms with Crippen LogP contribution in [0.3, 0.4) is 0 Å². The molecule has 0 atom stereocenters. The van der Waals surface area contributed by atoms with Gasteiger partial charge < -0.3 is 23.8 Å². The van der Waals surface area contributed by atoms with Crippen molar-refractivity contribution in [2.75, 3.05) is 65.8 Å². The highest BCUT2D eigenvalue weighted by Gasteiger charge is 2.45. The molecule has 2 heterocycles. The molecule has 3 aliphatic rings. The Bertz CT molecular complexity index is 2460. The zero-order chi connectivity index (χ0) is 45.9. The standard InChI is InChI=1S/C53H71N4O5S/c1-12-54(8)32-14-33-55-47-28-18-38(2)36-45(47)52(4,5)49(55)30-23-41-16-13-17-42(51(41)62-43-25-21-40(22-26-43)20-19-39(3)58)24-31-50-53(6,7)46-37-44(63(59,60)61)27-29-48(46)56(50)34-15-35-57(9,10)11/h18,21-31,36-37H,12-17,19-20,32-35H2,1-11H3/q+1/p+1. The van der Waals surface area contributed by atoms with Gasteiger partial charge in [0.05, 0.1) is 44.4 Å². The molecule has 2 aliphatic heterocycles. The van der Waals surface area contributed by atoms with Crippen molar-refractivity contribution in [1.82, 2.24) is 4.90 Å². The Kier molecular flexibility index (Phi) is 14.6. The van der Waals surface area contributed by atoms with Gasteiger partial charge in [0.2, 0.25) is 5.69 Å². The van der Waals surface area contributed by atoms with E-state index in [4.69, 9.17) is 4.74 Å². The van der Waals surface area contributed by atoms with Crippen LogP contribution in [0.5, 0.6) is 5.75 Å². The maximum Gasteiger partial charge on any atom is 0.294 e. The van der Waals surface area contributed by atoms with Gasteiger partial charge in [-0.25, -0.2) is 0 Å². The minimum atomic E-state index is -4.38. The summed E-state index contributed by atoms with van der Waals surface area (Å²) in [4.78, 5) is 16.5. The number of quaternary nitrogens is 1. The number of aryl methyl sites for hydroxylation is 2. The van der Waals surface area contributed by atoms with E-state index in [9.17, 15) is 17.8 Å². The highest BCUT2D eigenvalue weighted by Crippen LogP contribution is 2.48. The van der Waals surface area contributed by atoms with Gasteiger partial charge in [-0.15, -0.1) is 0 Å². The lowest BCUT2D eigenvalue weighted by molar-refractivity contribution is -0.871. The zero-order valence-electron chi connectivity index (χ0n) is 39.8. The van der Waals surface area contributed by atoms with Crippen LogP contribution >= 0.6 is 0 Å². The Morgan fingerprint density at radius 2 is 1.67 bits per heavy atom. The first-order chi connectivity index (χ1) is 29.6. The molecule has 1 aliphatic carbocycles. The summed E-state index contributed by atoms with van der Waals surface area (Å²) < 4.78 is 44.8. The second-order valence-electron chi connectivity index (χ2n) is 20.0. The third-order valence-corrected chi connectivity index (χ3v) is 14.0. The number of carbonyl (C=O) groups excluding carboxylic acids is 1. The Balaban J connectivity index is 1.46. The molecule has 0 aromatic heterocycles. The van der Waals surface area contributed by atoms with Gasteiger partial charge >= 0.3 is 0 Å². The van der Waals surface area contributed by atoms with Gasteiger partial charge in [-0.05, 0) is 145 Å². The molecule has 10 heteroatoms. The second kappa shape index (κ2) is 19.2. The summed E-state index contributed by atoms with van der Waals surface area (Å²) >= 11 is 0. The number of Topliss-reactive ketones (excluding diaryl/α,β-unsaturated/α-hetero) is 1. The molecule has 9 nitrogen and oxygen atoms in total. The molecule has 3 aromatic carbocycles. The molecule has 0 fully saturated rings. The number of allylic oxidation sites excluding steroid dienone is 7. The van der Waals surface area contributed by atoms with Crippen molar-refractivity contribution < 1.29 is 31.6 Å². The summed E-state index contributed by atoms with van der Waals surface area (Å²) in [7, 11) is 4.39. The molecule has 3 aromatic rings. The molecule has 0 saturated carbocycles. The van der Waals surface area contributed by atoms with E-state index in [2.05, 4.69) is 139 Å². The number of rotatable bonds is 18. The Morgan fingerprint density at radius 1 is 0.937 bits per heavy atom. The summed E-state index contributed by atoms with van der Waals surface area (Å²) in [5.74, 6) is 1.77. The predicted octanol–water partition coefficient (Wildman–Crippen LogP) is 10.3. The maximum absolute atomic E-state index is 12.3. The van der Waals surface area contributed by atoms with Crippen molar-refractivity contribution in [1.29, 1.82) is 0 Å². The van der Waals surface area contributed by atoms with Crippen LogP contribution in [0.25, 0.3) is 0 Å². The van der Waals surface area contributed by atoms with E-state index >= 15 is 0 Å². The van der Waals surface area contributed by atoms with Crippen molar-refractivity contribution in [3.8, 4) is 5.75 Å². The fraction of sp³-hybridized carbons (Fsp3) is 0.472. The van der Waals surface area contributed by atoms with Crippen LogP contribution in [-0.4, -0.2) is 99.3 Å². The van der Waals surface area contributed by atoms with Gasteiger partial charge in [0.25, 0.3) is 10.1 Å². The Morgan fingerprint density at radius 3 is 2.33 bits per heavy atom. The SMILES string of the molecule is CCN(C)CCCN1/C(=C/C=C2\CCCC(/C=C/C3=[N+](CCC[N+](C)(C)C)c4ccc(S(=O)(=O)O)cc4C3(C)C)=C2Oc2ccc(CCC(C)=O)cc2)C(C)(C)c2cc(C)ccc21. The molecule has 0 saturated heterocycles. The van der Waals surface area contributed by atoms with Crippen LogP contribution < -0.4 is 9.64 Å². The number of hydrogen-bond acceptors (Lipinski definition) is 6. The number of hydrogen-bond donors (Lipinski definition) is 1. The van der Waals surface area contributed by atoms with Gasteiger partial charge in [-0.1, -0.05) is 56.7 Å². The number of nitrogens with zero attached hydrogens (tertiary/aromatic N) is 4. The van der Waals surface area contributed by atoms with E-state index in [0.29, 0.717) is 12.8 Å². The molecular weight excluding hydrogens is 805 g/mol. The lowest BCUT2D eigenvalue weighted by Crippen LogP contribution is -2.36. The van der Waals surface area contributed by atoms with Crippen molar-refractivity contribution in [3.63, 3.8) is 0 Å². The number of fused-ring (bicyclic) bond motifs is 2. The molecular formula is C53H72N4O5S+2. The number of anilines is 1. The van der Waals surface area contributed by atoms with Gasteiger partial charge in [-0.2, -0.15) is 13.0 Å². The smallest absolute Gasteiger partial charge is 0.294 e. The van der Waals surface area contributed by atoms with Crippen LogP contribution in [0.1, 0.15) is 102 Å². The molecule has 0 radical (unpaired) electrons. The summed E-state index contributed by atoms with van der Waals surface area (Å²) in [6.45, 7) is 19.7. The summed E-state index contributed by atoms with van der Waals surface area (Å²) in [6.07, 6.45) is 14.9. The van der Waals surface area contributed by atoms with Crippen molar-refractivity contribution in [2.45, 2.75) is 109 Å². The number of carbonyl (C=O) groups is 1. The highest BCUT2D eigenvalue weighted by atomic mass is 32.2. The fourth-order valence-electron chi connectivity index (χ4n) is 9.32. The first kappa shape index (κ1) is 47.9. The van der Waals surface area contributed by atoms with Gasteiger partial charge in [0.1, 0.15) is 17.3 Å². The summed E-state index contributed by atoms with van der Waals surface area (Å²) in [5, 5.41) is 0. The van der Waals surface area contributed by atoms with Crippen LogP contribution in [0, 0.1) is 6.92 Å². The topological polar surface area (TPSA) is 90.2 Å². The number of ether oxygens (including phenoxy) is 1. The van der Waals surface area contributed by atoms with Crippen molar-refractivity contribution in [2.24, 2.45) is 0 Å². The molecule has 338 valence electrons. The fourth-order valence-corrected chi connectivity index (χ4v) is 9.83. The minimum Gasteiger partial charge on any atom is -0.457 e. The van der Waals surface area contributed by atoms with Gasteiger partial charge in [-0.3, -0.25) is 4.55 Å².